The molecule has 3 nitrogen and oxygen atoms in total. The van der Waals surface area contributed by atoms with Crippen LogP contribution in [0.3, 0.4) is 0 Å². The second-order valence-electron chi connectivity index (χ2n) is 5.34. The van der Waals surface area contributed by atoms with Gasteiger partial charge >= 0.3 is 0 Å². The minimum atomic E-state index is -0.109. The number of nitrogens with one attached hydrogen (secondary N) is 1. The van der Waals surface area contributed by atoms with Gasteiger partial charge in [-0.15, -0.1) is 11.8 Å². The van der Waals surface area contributed by atoms with Crippen molar-refractivity contribution in [3.8, 4) is 5.75 Å². The first-order valence-electron chi connectivity index (χ1n) is 7.94. The van der Waals surface area contributed by atoms with Crippen LogP contribution in [0.25, 0.3) is 0 Å². The molecular weight excluding hydrogens is 342 g/mol. The smallest absolute Gasteiger partial charge is 0.230 e. The fourth-order valence-corrected chi connectivity index (χ4v) is 3.49. The van der Waals surface area contributed by atoms with E-state index in [1.807, 2.05) is 62.4 Å². The first kappa shape index (κ1) is 18.7. The SMILES string of the molecule is CCOc1ccccc1CSCC(=O)NC(C)c1ccccc1Cl. The highest BCUT2D eigenvalue weighted by Crippen LogP contribution is 2.24. The van der Waals surface area contributed by atoms with Gasteiger partial charge in [0.05, 0.1) is 18.4 Å². The molecule has 5 heteroatoms. The Balaban J connectivity index is 1.83. The highest BCUT2D eigenvalue weighted by molar-refractivity contribution is 7.99. The van der Waals surface area contributed by atoms with E-state index < -0.39 is 0 Å². The Hall–Kier alpha value is -1.65. The summed E-state index contributed by atoms with van der Waals surface area (Å²) in [6.45, 7) is 4.54. The first-order chi connectivity index (χ1) is 11.6. The summed E-state index contributed by atoms with van der Waals surface area (Å²) >= 11 is 7.73. The summed E-state index contributed by atoms with van der Waals surface area (Å²) in [4.78, 5) is 12.1. The molecule has 0 aromatic heterocycles. The molecule has 0 radical (unpaired) electrons. The monoisotopic (exact) mass is 363 g/mol. The molecule has 128 valence electrons. The van der Waals surface area contributed by atoms with Gasteiger partial charge in [-0.3, -0.25) is 4.79 Å². The van der Waals surface area contributed by atoms with Crippen LogP contribution in [0.15, 0.2) is 48.5 Å². The molecule has 0 heterocycles. The normalized spacial score (nSPS) is 11.8. The number of benzene rings is 2. The lowest BCUT2D eigenvalue weighted by atomic mass is 10.1. The number of ether oxygens (including phenoxy) is 1. The number of halogens is 1. The molecule has 0 saturated carbocycles. The van der Waals surface area contributed by atoms with E-state index in [4.69, 9.17) is 16.3 Å². The maximum Gasteiger partial charge on any atom is 0.230 e. The van der Waals surface area contributed by atoms with Gasteiger partial charge in [0.15, 0.2) is 0 Å². The Bertz CT molecular complexity index is 678. The summed E-state index contributed by atoms with van der Waals surface area (Å²) in [6.07, 6.45) is 0. The second kappa shape index (κ2) is 9.60. The molecule has 2 aromatic rings. The van der Waals surface area contributed by atoms with Crippen molar-refractivity contribution in [3.63, 3.8) is 0 Å². The summed E-state index contributed by atoms with van der Waals surface area (Å²) in [5.74, 6) is 2.03. The van der Waals surface area contributed by atoms with E-state index in [0.717, 1.165) is 22.6 Å². The number of carbonyl (C=O) groups excluding carboxylic acids is 1. The number of para-hydroxylation sites is 1. The molecule has 0 spiro atoms. The van der Waals surface area contributed by atoms with E-state index in [1.54, 1.807) is 11.8 Å². The van der Waals surface area contributed by atoms with E-state index >= 15 is 0 Å². The predicted octanol–water partition coefficient (Wildman–Crippen LogP) is 4.85. The number of carbonyl (C=O) groups is 1. The molecule has 2 aromatic carbocycles. The van der Waals surface area contributed by atoms with Gasteiger partial charge in [-0.25, -0.2) is 0 Å². The van der Waals surface area contributed by atoms with Crippen LogP contribution in [-0.2, 0) is 10.5 Å². The van der Waals surface area contributed by atoms with Crippen LogP contribution < -0.4 is 10.1 Å². The lowest BCUT2D eigenvalue weighted by Crippen LogP contribution is -2.28. The van der Waals surface area contributed by atoms with Crippen molar-refractivity contribution in [2.45, 2.75) is 25.6 Å². The van der Waals surface area contributed by atoms with Gasteiger partial charge in [0.1, 0.15) is 5.75 Å². The zero-order valence-electron chi connectivity index (χ0n) is 13.9. The van der Waals surface area contributed by atoms with Crippen LogP contribution in [0, 0.1) is 0 Å². The predicted molar refractivity (Wildman–Crippen MR) is 102 cm³/mol. The van der Waals surface area contributed by atoms with Crippen LogP contribution in [0.5, 0.6) is 5.75 Å². The first-order valence-corrected chi connectivity index (χ1v) is 9.47. The van der Waals surface area contributed by atoms with Crippen molar-refractivity contribution < 1.29 is 9.53 Å². The molecule has 0 fully saturated rings. The standard InChI is InChI=1S/C19H22ClNO2S/c1-3-23-18-11-7-4-8-15(18)12-24-13-19(22)21-14(2)16-9-5-6-10-17(16)20/h4-11,14H,3,12-13H2,1-2H3,(H,21,22). The van der Waals surface area contributed by atoms with Crippen LogP contribution in [0.2, 0.25) is 5.02 Å². The van der Waals surface area contributed by atoms with Crippen LogP contribution in [0.1, 0.15) is 31.0 Å². The number of hydrogen-bond acceptors (Lipinski definition) is 3. The van der Waals surface area contributed by atoms with Gasteiger partial charge < -0.3 is 10.1 Å². The van der Waals surface area contributed by atoms with E-state index in [1.165, 1.54) is 0 Å². The third kappa shape index (κ3) is 5.46. The highest BCUT2D eigenvalue weighted by atomic mass is 35.5. The summed E-state index contributed by atoms with van der Waals surface area (Å²) in [6, 6.07) is 15.4. The van der Waals surface area contributed by atoms with Crippen molar-refractivity contribution in [2.24, 2.45) is 0 Å². The minimum Gasteiger partial charge on any atom is -0.494 e. The van der Waals surface area contributed by atoms with Gasteiger partial charge in [-0.1, -0.05) is 48.0 Å². The van der Waals surface area contributed by atoms with Gasteiger partial charge in [0, 0.05) is 16.3 Å². The maximum absolute atomic E-state index is 12.1. The highest BCUT2D eigenvalue weighted by Gasteiger charge is 2.12. The van der Waals surface area contributed by atoms with Crippen molar-refractivity contribution >= 4 is 29.3 Å². The molecule has 1 unspecified atom stereocenters. The summed E-state index contributed by atoms with van der Waals surface area (Å²) in [5, 5.41) is 3.66. The Kier molecular flexibility index (Phi) is 7.47. The molecule has 1 atom stereocenters. The Labute approximate surface area is 152 Å². The number of thioether (sulfide) groups is 1. The molecule has 0 saturated heterocycles. The lowest BCUT2D eigenvalue weighted by molar-refractivity contribution is -0.119. The van der Waals surface area contributed by atoms with E-state index in [-0.39, 0.29) is 11.9 Å². The fraction of sp³-hybridized carbons (Fsp3) is 0.316. The summed E-state index contributed by atoms with van der Waals surface area (Å²) < 4.78 is 5.60. The van der Waals surface area contributed by atoms with Crippen LogP contribution in [-0.4, -0.2) is 18.3 Å². The van der Waals surface area contributed by atoms with Gasteiger partial charge in [0.25, 0.3) is 0 Å². The molecule has 1 N–H and O–H groups in total. The molecular formula is C19H22ClNO2S. The fourth-order valence-electron chi connectivity index (χ4n) is 2.36. The number of hydrogen-bond donors (Lipinski definition) is 1. The van der Waals surface area contributed by atoms with Gasteiger partial charge in [0.2, 0.25) is 5.91 Å². The molecule has 24 heavy (non-hydrogen) atoms. The van der Waals surface area contributed by atoms with E-state index in [9.17, 15) is 4.79 Å². The molecule has 0 aliphatic carbocycles. The largest absolute Gasteiger partial charge is 0.494 e. The Morgan fingerprint density at radius 3 is 2.67 bits per heavy atom. The Morgan fingerprint density at radius 1 is 1.21 bits per heavy atom. The second-order valence-corrected chi connectivity index (χ2v) is 6.74. The molecule has 0 bridgehead atoms. The lowest BCUT2D eigenvalue weighted by Gasteiger charge is -2.15. The van der Waals surface area contributed by atoms with Gasteiger partial charge in [-0.05, 0) is 31.5 Å². The van der Waals surface area contributed by atoms with Crippen molar-refractivity contribution in [2.75, 3.05) is 12.4 Å². The average Bonchev–Trinajstić information content (AvgIpc) is 2.57. The quantitative estimate of drug-likeness (QED) is 0.728. The zero-order chi connectivity index (χ0) is 17.4. The molecule has 0 aliphatic heterocycles. The van der Waals surface area contributed by atoms with E-state index in [2.05, 4.69) is 5.32 Å². The third-order valence-corrected chi connectivity index (χ3v) is 4.84. The Morgan fingerprint density at radius 2 is 1.92 bits per heavy atom. The maximum atomic E-state index is 12.1. The molecule has 0 aliphatic rings. The van der Waals surface area contributed by atoms with Crippen molar-refractivity contribution in [1.29, 1.82) is 0 Å². The van der Waals surface area contributed by atoms with E-state index in [0.29, 0.717) is 17.4 Å². The van der Waals surface area contributed by atoms with Crippen LogP contribution in [0.4, 0.5) is 0 Å². The molecule has 1 amide bonds. The average molecular weight is 364 g/mol. The van der Waals surface area contributed by atoms with Crippen LogP contribution >= 0.6 is 23.4 Å². The third-order valence-electron chi connectivity index (χ3n) is 3.51. The summed E-state index contributed by atoms with van der Waals surface area (Å²) in [7, 11) is 0. The summed E-state index contributed by atoms with van der Waals surface area (Å²) in [5.41, 5.74) is 2.04. The van der Waals surface area contributed by atoms with Crippen molar-refractivity contribution in [3.05, 3.63) is 64.7 Å². The molecule has 2 rings (SSSR count). The topological polar surface area (TPSA) is 38.3 Å². The zero-order valence-corrected chi connectivity index (χ0v) is 15.5. The van der Waals surface area contributed by atoms with Gasteiger partial charge in [-0.2, -0.15) is 0 Å². The minimum absolute atomic E-state index is 0.00121. The number of amides is 1. The number of rotatable bonds is 8. The van der Waals surface area contributed by atoms with Crippen molar-refractivity contribution in [1.82, 2.24) is 5.32 Å².